The standard InChI is InChI=1S/C9H8N2.C3H7O3P/c1-2-9-10-7-5-3-4-6-8(7)11-9;1-2-3-7(4,5)6/h2-6H,1H2,(H,10,11);2H,1,3H2,(H2,4,5,6). The van der Waals surface area contributed by atoms with E-state index in [9.17, 15) is 4.57 Å². The van der Waals surface area contributed by atoms with Crippen molar-refractivity contribution in [2.45, 2.75) is 0 Å². The number of benzene rings is 1. The van der Waals surface area contributed by atoms with Gasteiger partial charge in [-0.15, -0.1) is 6.58 Å². The molecule has 0 aliphatic rings. The van der Waals surface area contributed by atoms with Crippen molar-refractivity contribution in [3.8, 4) is 0 Å². The van der Waals surface area contributed by atoms with Gasteiger partial charge in [-0.3, -0.25) is 4.57 Å². The molecule has 0 saturated carbocycles. The lowest BCUT2D eigenvalue weighted by Gasteiger charge is -1.94. The van der Waals surface area contributed by atoms with Crippen molar-refractivity contribution in [3.63, 3.8) is 0 Å². The Balaban J connectivity index is 0.000000203. The summed E-state index contributed by atoms with van der Waals surface area (Å²) in [5.74, 6) is 0.825. The number of imidazole rings is 1. The maximum Gasteiger partial charge on any atom is 0.329 e. The van der Waals surface area contributed by atoms with Crippen LogP contribution in [0.25, 0.3) is 17.1 Å². The predicted molar refractivity (Wildman–Crippen MR) is 73.3 cm³/mol. The van der Waals surface area contributed by atoms with Crippen LogP contribution in [0.4, 0.5) is 0 Å². The first kappa shape index (κ1) is 14.4. The SMILES string of the molecule is C=CCP(=O)(O)O.C=Cc1nc2ccccc2[nH]1. The fourth-order valence-corrected chi connectivity index (χ4v) is 1.57. The van der Waals surface area contributed by atoms with Gasteiger partial charge < -0.3 is 14.8 Å². The van der Waals surface area contributed by atoms with Crippen LogP contribution < -0.4 is 0 Å². The van der Waals surface area contributed by atoms with Gasteiger partial charge in [0.15, 0.2) is 0 Å². The Bertz CT molecular complexity index is 553. The van der Waals surface area contributed by atoms with Gasteiger partial charge in [0.25, 0.3) is 0 Å². The molecule has 0 amide bonds. The second kappa shape index (κ2) is 6.31. The van der Waals surface area contributed by atoms with Crippen LogP contribution in [-0.2, 0) is 4.57 Å². The van der Waals surface area contributed by atoms with Gasteiger partial charge in [-0.1, -0.05) is 24.8 Å². The fourth-order valence-electron chi connectivity index (χ4n) is 1.24. The molecule has 0 spiro atoms. The van der Waals surface area contributed by atoms with E-state index in [1.807, 2.05) is 24.3 Å². The molecule has 0 bridgehead atoms. The highest BCUT2D eigenvalue weighted by Crippen LogP contribution is 2.33. The molecule has 18 heavy (non-hydrogen) atoms. The highest BCUT2D eigenvalue weighted by molar-refractivity contribution is 7.51. The molecule has 0 saturated heterocycles. The highest BCUT2D eigenvalue weighted by atomic mass is 31.2. The number of nitrogens with one attached hydrogen (secondary N) is 1. The van der Waals surface area contributed by atoms with Crippen LogP contribution in [-0.4, -0.2) is 25.9 Å². The fraction of sp³-hybridized carbons (Fsp3) is 0.0833. The molecule has 1 heterocycles. The molecule has 0 unspecified atom stereocenters. The number of H-pyrrole nitrogens is 1. The van der Waals surface area contributed by atoms with E-state index < -0.39 is 7.60 Å². The van der Waals surface area contributed by atoms with Crippen molar-refractivity contribution < 1.29 is 14.4 Å². The molecule has 2 rings (SSSR count). The molecule has 96 valence electrons. The lowest BCUT2D eigenvalue weighted by molar-refractivity contribution is 0.377. The quantitative estimate of drug-likeness (QED) is 0.588. The van der Waals surface area contributed by atoms with Crippen molar-refractivity contribution in [3.05, 3.63) is 49.3 Å². The first-order chi connectivity index (χ1) is 8.46. The summed E-state index contributed by atoms with van der Waals surface area (Å²) in [5.41, 5.74) is 2.05. The lowest BCUT2D eigenvalue weighted by Crippen LogP contribution is -1.78. The number of fused-ring (bicyclic) bond motifs is 1. The van der Waals surface area contributed by atoms with Crippen LogP contribution in [0.2, 0.25) is 0 Å². The van der Waals surface area contributed by atoms with Gasteiger partial charge in [-0.25, -0.2) is 4.98 Å². The summed E-state index contributed by atoms with van der Waals surface area (Å²) in [5, 5.41) is 0. The number of allylic oxidation sites excluding steroid dienone is 1. The van der Waals surface area contributed by atoms with Gasteiger partial charge in [0.2, 0.25) is 0 Å². The first-order valence-electron chi connectivity index (χ1n) is 5.19. The minimum absolute atomic E-state index is 0.229. The third kappa shape index (κ3) is 4.67. The molecule has 0 aliphatic carbocycles. The maximum atomic E-state index is 9.85. The second-order valence-electron chi connectivity index (χ2n) is 3.48. The number of aromatic nitrogens is 2. The molecule has 1 aromatic carbocycles. The topological polar surface area (TPSA) is 86.2 Å². The van der Waals surface area contributed by atoms with Crippen molar-refractivity contribution in [1.82, 2.24) is 9.97 Å². The maximum absolute atomic E-state index is 9.85. The minimum Gasteiger partial charge on any atom is -0.338 e. The predicted octanol–water partition coefficient (Wildman–Crippen LogP) is 2.56. The molecular formula is C12H15N2O3P. The number of hydrogen-bond donors (Lipinski definition) is 3. The third-order valence-corrected chi connectivity index (χ3v) is 2.70. The molecule has 5 nitrogen and oxygen atoms in total. The lowest BCUT2D eigenvalue weighted by atomic mass is 10.3. The van der Waals surface area contributed by atoms with Crippen LogP contribution in [0.1, 0.15) is 5.82 Å². The van der Waals surface area contributed by atoms with Crippen LogP contribution in [0.5, 0.6) is 0 Å². The average molecular weight is 266 g/mol. The van der Waals surface area contributed by atoms with Crippen LogP contribution >= 0.6 is 7.60 Å². The van der Waals surface area contributed by atoms with Gasteiger partial charge in [0.05, 0.1) is 17.2 Å². The molecule has 2 aromatic rings. The largest absolute Gasteiger partial charge is 0.338 e. The van der Waals surface area contributed by atoms with Crippen LogP contribution in [0.15, 0.2) is 43.5 Å². The number of nitrogens with zero attached hydrogens (tertiary/aromatic N) is 1. The van der Waals surface area contributed by atoms with Crippen molar-refractivity contribution >= 4 is 24.7 Å². The summed E-state index contributed by atoms with van der Waals surface area (Å²) in [6.07, 6.45) is 2.67. The average Bonchev–Trinajstić information content (AvgIpc) is 2.71. The molecule has 0 fully saturated rings. The van der Waals surface area contributed by atoms with Gasteiger partial charge in [-0.05, 0) is 18.2 Å². The Morgan fingerprint density at radius 3 is 2.44 bits per heavy atom. The Kier molecular flexibility index (Phi) is 5.04. The Labute approximate surface area is 105 Å². The zero-order valence-electron chi connectivity index (χ0n) is 9.78. The zero-order valence-corrected chi connectivity index (χ0v) is 10.7. The van der Waals surface area contributed by atoms with E-state index in [1.165, 1.54) is 6.08 Å². The van der Waals surface area contributed by atoms with Crippen molar-refractivity contribution in [2.24, 2.45) is 0 Å². The van der Waals surface area contributed by atoms with E-state index >= 15 is 0 Å². The Hall–Kier alpha value is -1.68. The summed E-state index contributed by atoms with van der Waals surface area (Å²) in [4.78, 5) is 23.5. The zero-order chi connectivity index (χ0) is 13.6. The van der Waals surface area contributed by atoms with Crippen LogP contribution in [0.3, 0.4) is 0 Å². The van der Waals surface area contributed by atoms with Crippen molar-refractivity contribution in [1.29, 1.82) is 0 Å². The Morgan fingerprint density at radius 2 is 2.00 bits per heavy atom. The molecule has 0 radical (unpaired) electrons. The number of hydrogen-bond acceptors (Lipinski definition) is 2. The summed E-state index contributed by atoms with van der Waals surface area (Å²) in [6, 6.07) is 7.91. The van der Waals surface area contributed by atoms with Crippen LogP contribution in [0, 0.1) is 0 Å². The second-order valence-corrected chi connectivity index (χ2v) is 5.17. The van der Waals surface area contributed by atoms with Gasteiger partial charge in [0.1, 0.15) is 5.82 Å². The van der Waals surface area contributed by atoms with Gasteiger partial charge in [0, 0.05) is 0 Å². The van der Waals surface area contributed by atoms with Gasteiger partial charge in [-0.2, -0.15) is 0 Å². The summed E-state index contributed by atoms with van der Waals surface area (Å²) in [6.45, 7) is 6.79. The summed E-state index contributed by atoms with van der Waals surface area (Å²) >= 11 is 0. The van der Waals surface area contributed by atoms with E-state index in [1.54, 1.807) is 6.08 Å². The molecular weight excluding hydrogens is 251 g/mol. The van der Waals surface area contributed by atoms with Gasteiger partial charge >= 0.3 is 7.60 Å². The van der Waals surface area contributed by atoms with E-state index in [-0.39, 0.29) is 6.16 Å². The molecule has 1 aromatic heterocycles. The van der Waals surface area contributed by atoms with E-state index in [4.69, 9.17) is 9.79 Å². The molecule has 0 atom stereocenters. The smallest absolute Gasteiger partial charge is 0.329 e. The summed E-state index contributed by atoms with van der Waals surface area (Å²) < 4.78 is 9.85. The Morgan fingerprint density at radius 1 is 1.33 bits per heavy atom. The molecule has 0 aliphatic heterocycles. The highest BCUT2D eigenvalue weighted by Gasteiger charge is 2.06. The molecule has 6 heteroatoms. The third-order valence-electron chi connectivity index (χ3n) is 1.97. The first-order valence-corrected chi connectivity index (χ1v) is 6.98. The van der Waals surface area contributed by atoms with E-state index in [2.05, 4.69) is 23.1 Å². The van der Waals surface area contributed by atoms with E-state index in [0.29, 0.717) is 0 Å². The monoisotopic (exact) mass is 266 g/mol. The number of rotatable bonds is 3. The summed E-state index contributed by atoms with van der Waals surface area (Å²) in [7, 11) is -3.78. The van der Waals surface area contributed by atoms with Crippen molar-refractivity contribution in [2.75, 3.05) is 6.16 Å². The molecule has 3 N–H and O–H groups in total. The number of aromatic amines is 1. The minimum atomic E-state index is -3.78. The number of para-hydroxylation sites is 2. The normalized spacial score (nSPS) is 10.6. The van der Waals surface area contributed by atoms with E-state index in [0.717, 1.165) is 16.9 Å².